The zero-order chi connectivity index (χ0) is 32.8. The molecule has 0 unspecified atom stereocenters. The molecule has 0 atom stereocenters. The Morgan fingerprint density at radius 3 is 1.90 bits per heavy atom. The number of fused-ring (bicyclic) bond motifs is 10. The van der Waals surface area contributed by atoms with Gasteiger partial charge in [-0.15, -0.1) is 0 Å². The van der Waals surface area contributed by atoms with Crippen molar-refractivity contribution in [3.63, 3.8) is 0 Å². The summed E-state index contributed by atoms with van der Waals surface area (Å²) in [4.78, 5) is 2.38. The van der Waals surface area contributed by atoms with E-state index < -0.39 is 0 Å². The first-order valence-electron chi connectivity index (χ1n) is 16.9. The fourth-order valence-electron chi connectivity index (χ4n) is 7.94. The molecular weight excluding hydrogens is 613 g/mol. The Hall–Kier alpha value is -6.78. The summed E-state index contributed by atoms with van der Waals surface area (Å²) in [5.41, 5.74) is 10.00. The fraction of sp³-hybridized carbons (Fsp3) is 0. The van der Waals surface area contributed by atoms with Gasteiger partial charge in [0, 0.05) is 43.7 Å². The van der Waals surface area contributed by atoms with Crippen LogP contribution in [-0.4, -0.2) is 4.57 Å². The summed E-state index contributed by atoms with van der Waals surface area (Å²) in [6.45, 7) is 0. The van der Waals surface area contributed by atoms with E-state index in [1.165, 1.54) is 10.8 Å². The van der Waals surface area contributed by atoms with Crippen molar-refractivity contribution < 1.29 is 8.83 Å². The molecule has 0 aliphatic rings. The maximum atomic E-state index is 6.72. The van der Waals surface area contributed by atoms with Gasteiger partial charge in [-0.1, -0.05) is 103 Å². The first kappa shape index (κ1) is 27.2. The highest BCUT2D eigenvalue weighted by Gasteiger charge is 2.24. The van der Waals surface area contributed by atoms with Crippen molar-refractivity contribution in [1.82, 2.24) is 4.57 Å². The molecule has 0 fully saturated rings. The van der Waals surface area contributed by atoms with Crippen LogP contribution in [0, 0.1) is 0 Å². The average molecular weight is 641 g/mol. The van der Waals surface area contributed by atoms with E-state index in [-0.39, 0.29) is 0 Å². The van der Waals surface area contributed by atoms with Gasteiger partial charge in [-0.3, -0.25) is 0 Å². The predicted octanol–water partition coefficient (Wildman–Crippen LogP) is 13.2. The molecule has 3 heterocycles. The van der Waals surface area contributed by atoms with E-state index in [2.05, 4.69) is 155 Å². The highest BCUT2D eigenvalue weighted by atomic mass is 16.3. The monoisotopic (exact) mass is 640 g/mol. The fourth-order valence-corrected chi connectivity index (χ4v) is 7.94. The van der Waals surface area contributed by atoms with Crippen LogP contribution in [0.3, 0.4) is 0 Å². The van der Waals surface area contributed by atoms with Crippen LogP contribution in [0.1, 0.15) is 0 Å². The van der Waals surface area contributed by atoms with E-state index >= 15 is 0 Å². The number of hydrogen-bond acceptors (Lipinski definition) is 3. The van der Waals surface area contributed by atoms with Gasteiger partial charge in [0.1, 0.15) is 16.7 Å². The zero-order valence-corrected chi connectivity index (χ0v) is 26.9. The van der Waals surface area contributed by atoms with Crippen molar-refractivity contribution in [2.24, 2.45) is 0 Å². The van der Waals surface area contributed by atoms with Crippen LogP contribution < -0.4 is 4.90 Å². The summed E-state index contributed by atoms with van der Waals surface area (Å²) in [6.07, 6.45) is 0. The van der Waals surface area contributed by atoms with Crippen LogP contribution in [0.25, 0.3) is 82.1 Å². The number of para-hydroxylation sites is 6. The van der Waals surface area contributed by atoms with E-state index in [0.717, 1.165) is 88.4 Å². The van der Waals surface area contributed by atoms with Gasteiger partial charge in [-0.05, 0) is 77.5 Å². The lowest BCUT2D eigenvalue weighted by molar-refractivity contribution is 0.669. The standard InChI is InChI=1S/C46H28N2O2/c1-2-12-31(13-3-1)48-39-19-7-4-14-33(39)36-17-10-20-40(45(36)48)47(41-21-11-18-37-34-15-5-9-23-43(34)50-46(37)41)32-25-24-29-28-44-38(27-30(29)26-32)35-16-6-8-22-42(35)49-44/h1-28H. The van der Waals surface area contributed by atoms with Crippen LogP contribution in [-0.2, 0) is 0 Å². The predicted molar refractivity (Wildman–Crippen MR) is 208 cm³/mol. The summed E-state index contributed by atoms with van der Waals surface area (Å²) in [5, 5.41) is 9.09. The maximum absolute atomic E-state index is 6.72. The lowest BCUT2D eigenvalue weighted by atomic mass is 10.0. The Balaban J connectivity index is 1.26. The molecule has 4 heteroatoms. The Morgan fingerprint density at radius 1 is 0.400 bits per heavy atom. The number of rotatable bonds is 4. The Morgan fingerprint density at radius 2 is 1.06 bits per heavy atom. The number of anilines is 3. The molecule has 0 amide bonds. The normalized spacial score (nSPS) is 12.0. The lowest BCUT2D eigenvalue weighted by Crippen LogP contribution is -2.12. The topological polar surface area (TPSA) is 34.5 Å². The van der Waals surface area contributed by atoms with E-state index in [1.807, 2.05) is 24.3 Å². The minimum Gasteiger partial charge on any atom is -0.456 e. The van der Waals surface area contributed by atoms with Crippen LogP contribution in [0.4, 0.5) is 17.1 Å². The summed E-state index contributed by atoms with van der Waals surface area (Å²) in [6, 6.07) is 60.2. The second-order valence-electron chi connectivity index (χ2n) is 12.9. The molecule has 0 saturated heterocycles. The van der Waals surface area contributed by atoms with Crippen molar-refractivity contribution in [3.8, 4) is 5.69 Å². The van der Waals surface area contributed by atoms with Crippen molar-refractivity contribution in [2.45, 2.75) is 0 Å². The number of nitrogens with zero attached hydrogens (tertiary/aromatic N) is 2. The molecular formula is C46H28N2O2. The smallest absolute Gasteiger partial charge is 0.159 e. The minimum absolute atomic E-state index is 0.851. The molecule has 0 bridgehead atoms. The van der Waals surface area contributed by atoms with Crippen LogP contribution >= 0.6 is 0 Å². The van der Waals surface area contributed by atoms with E-state index in [1.54, 1.807) is 0 Å². The SMILES string of the molecule is c1ccc(-n2c3ccccc3c3cccc(N(c4ccc5cc6oc7ccccc7c6cc5c4)c4cccc5c4oc4ccccc45)c32)cc1. The molecule has 11 rings (SSSR count). The minimum atomic E-state index is 0.851. The number of benzene rings is 8. The van der Waals surface area contributed by atoms with Gasteiger partial charge in [0.2, 0.25) is 0 Å². The third-order valence-corrected chi connectivity index (χ3v) is 10.1. The molecule has 4 nitrogen and oxygen atoms in total. The molecule has 11 aromatic rings. The summed E-state index contributed by atoms with van der Waals surface area (Å²) in [7, 11) is 0. The van der Waals surface area contributed by atoms with Gasteiger partial charge in [-0.2, -0.15) is 0 Å². The lowest BCUT2D eigenvalue weighted by Gasteiger charge is -2.27. The quantitative estimate of drug-likeness (QED) is 0.192. The first-order valence-corrected chi connectivity index (χ1v) is 16.9. The van der Waals surface area contributed by atoms with Gasteiger partial charge < -0.3 is 18.3 Å². The van der Waals surface area contributed by atoms with E-state index in [0.29, 0.717) is 0 Å². The molecule has 8 aromatic carbocycles. The molecule has 3 aromatic heterocycles. The summed E-state index contributed by atoms with van der Waals surface area (Å²) < 4.78 is 15.4. The van der Waals surface area contributed by atoms with Crippen molar-refractivity contribution >= 4 is 93.5 Å². The van der Waals surface area contributed by atoms with Gasteiger partial charge in [-0.25, -0.2) is 0 Å². The number of hydrogen-bond donors (Lipinski definition) is 0. The van der Waals surface area contributed by atoms with Crippen LogP contribution in [0.2, 0.25) is 0 Å². The molecule has 0 saturated carbocycles. The first-order chi connectivity index (χ1) is 24.8. The molecule has 0 N–H and O–H groups in total. The van der Waals surface area contributed by atoms with Gasteiger partial charge in [0.25, 0.3) is 0 Å². The molecule has 0 aliphatic heterocycles. The Kier molecular flexibility index (Phi) is 5.63. The second kappa shape index (κ2) is 10.4. The van der Waals surface area contributed by atoms with Crippen molar-refractivity contribution in [1.29, 1.82) is 0 Å². The molecule has 0 aliphatic carbocycles. The largest absolute Gasteiger partial charge is 0.456 e. The molecule has 234 valence electrons. The second-order valence-corrected chi connectivity index (χ2v) is 12.9. The van der Waals surface area contributed by atoms with Gasteiger partial charge in [0.05, 0.1) is 22.4 Å². The number of aromatic nitrogens is 1. The Bertz CT molecular complexity index is 3110. The van der Waals surface area contributed by atoms with Gasteiger partial charge in [0.15, 0.2) is 5.58 Å². The van der Waals surface area contributed by atoms with E-state index in [9.17, 15) is 0 Å². The van der Waals surface area contributed by atoms with Crippen LogP contribution in [0.15, 0.2) is 179 Å². The highest BCUT2D eigenvalue weighted by molar-refractivity contribution is 6.17. The highest BCUT2D eigenvalue weighted by Crippen LogP contribution is 2.47. The molecule has 0 spiro atoms. The molecule has 50 heavy (non-hydrogen) atoms. The summed E-state index contributed by atoms with van der Waals surface area (Å²) in [5.74, 6) is 0. The number of furan rings is 2. The molecule has 0 radical (unpaired) electrons. The van der Waals surface area contributed by atoms with Crippen molar-refractivity contribution in [3.05, 3.63) is 170 Å². The maximum Gasteiger partial charge on any atom is 0.159 e. The zero-order valence-electron chi connectivity index (χ0n) is 26.9. The van der Waals surface area contributed by atoms with Gasteiger partial charge >= 0.3 is 0 Å². The van der Waals surface area contributed by atoms with E-state index in [4.69, 9.17) is 8.83 Å². The van der Waals surface area contributed by atoms with Crippen LogP contribution in [0.5, 0.6) is 0 Å². The average Bonchev–Trinajstić information content (AvgIpc) is 3.84. The van der Waals surface area contributed by atoms with Crippen molar-refractivity contribution in [2.75, 3.05) is 4.90 Å². The third-order valence-electron chi connectivity index (χ3n) is 10.1. The Labute approximate surface area is 286 Å². The summed E-state index contributed by atoms with van der Waals surface area (Å²) >= 11 is 0. The third kappa shape index (κ3) is 3.87.